The molecule has 0 saturated heterocycles. The molecule has 0 unspecified atom stereocenters. The zero-order valence-electron chi connectivity index (χ0n) is 21.6. The van der Waals surface area contributed by atoms with Crippen molar-refractivity contribution >= 4 is 39.7 Å². The van der Waals surface area contributed by atoms with Crippen LogP contribution in [0.15, 0.2) is 28.4 Å². The number of azo groups is 1. The van der Waals surface area contributed by atoms with E-state index in [4.69, 9.17) is 9.47 Å². The van der Waals surface area contributed by atoms with E-state index >= 15 is 0 Å². The first kappa shape index (κ1) is 27.5. The lowest BCUT2D eigenvalue weighted by Gasteiger charge is -2.29. The van der Waals surface area contributed by atoms with Gasteiger partial charge in [0.15, 0.2) is 5.00 Å². The van der Waals surface area contributed by atoms with E-state index in [1.165, 1.54) is 0 Å². The van der Waals surface area contributed by atoms with E-state index in [0.717, 1.165) is 35.7 Å². The van der Waals surface area contributed by atoms with E-state index in [0.29, 0.717) is 33.0 Å². The third kappa shape index (κ3) is 7.13. The Morgan fingerprint density at radius 1 is 0.941 bits per heavy atom. The van der Waals surface area contributed by atoms with Gasteiger partial charge in [-0.25, -0.2) is 9.59 Å². The van der Waals surface area contributed by atoms with Gasteiger partial charge in [-0.15, -0.1) is 21.6 Å². The van der Waals surface area contributed by atoms with Crippen LogP contribution in [-0.4, -0.2) is 38.2 Å². The summed E-state index contributed by atoms with van der Waals surface area (Å²) in [5, 5.41) is 9.11. The number of hydrogen-bond acceptors (Lipinski definition) is 8. The Morgan fingerprint density at radius 2 is 1.53 bits per heavy atom. The van der Waals surface area contributed by atoms with Gasteiger partial charge in [0.2, 0.25) is 0 Å². The Labute approximate surface area is 207 Å². The third-order valence-corrected chi connectivity index (χ3v) is 6.19. The van der Waals surface area contributed by atoms with E-state index < -0.39 is 11.9 Å². The Bertz CT molecular complexity index is 1020. The van der Waals surface area contributed by atoms with E-state index in [1.807, 2.05) is 13.0 Å². The average Bonchev–Trinajstić information content (AvgIpc) is 3.08. The first-order valence-corrected chi connectivity index (χ1v) is 12.7. The summed E-state index contributed by atoms with van der Waals surface area (Å²) in [7, 11) is 0. The summed E-state index contributed by atoms with van der Waals surface area (Å²) in [6, 6.07) is 6.12. The van der Waals surface area contributed by atoms with Gasteiger partial charge < -0.3 is 14.4 Å². The predicted octanol–water partition coefficient (Wildman–Crippen LogP) is 7.25. The number of esters is 2. The highest BCUT2D eigenvalue weighted by Crippen LogP contribution is 2.38. The summed E-state index contributed by atoms with van der Waals surface area (Å²) in [5.41, 5.74) is 3.60. The monoisotopic (exact) mass is 487 g/mol. The summed E-state index contributed by atoms with van der Waals surface area (Å²) in [5.74, 6) is 0.101. The molecule has 186 valence electrons. The maximum atomic E-state index is 12.6. The summed E-state index contributed by atoms with van der Waals surface area (Å²) < 4.78 is 10.3. The molecule has 0 atom stereocenters. The molecule has 0 saturated carbocycles. The second-order valence-corrected chi connectivity index (χ2v) is 10.0. The van der Waals surface area contributed by atoms with Crippen LogP contribution < -0.4 is 4.90 Å². The largest absolute Gasteiger partial charge is 0.462 e. The van der Waals surface area contributed by atoms with Crippen molar-refractivity contribution in [3.63, 3.8) is 0 Å². The second-order valence-electron chi connectivity index (χ2n) is 9.04. The van der Waals surface area contributed by atoms with Crippen LogP contribution in [0, 0.1) is 25.7 Å². The summed E-state index contributed by atoms with van der Waals surface area (Å²) >= 11 is 1.09. The fraction of sp³-hybridized carbons (Fsp3) is 0.538. The molecule has 1 heterocycles. The van der Waals surface area contributed by atoms with Gasteiger partial charge in [-0.3, -0.25) is 0 Å². The van der Waals surface area contributed by atoms with Gasteiger partial charge >= 0.3 is 11.9 Å². The van der Waals surface area contributed by atoms with Crippen molar-refractivity contribution in [2.45, 2.75) is 55.4 Å². The van der Waals surface area contributed by atoms with Crippen LogP contribution in [0.2, 0.25) is 0 Å². The number of carbonyl (C=O) groups excluding carboxylic acids is 2. The van der Waals surface area contributed by atoms with Gasteiger partial charge in [0, 0.05) is 18.8 Å². The molecule has 1 aromatic carbocycles. The first-order chi connectivity index (χ1) is 16.1. The molecule has 8 heteroatoms. The highest BCUT2D eigenvalue weighted by molar-refractivity contribution is 7.18. The normalized spacial score (nSPS) is 11.5. The van der Waals surface area contributed by atoms with Gasteiger partial charge in [-0.1, -0.05) is 27.7 Å². The van der Waals surface area contributed by atoms with Gasteiger partial charge in [0.1, 0.15) is 10.4 Å². The Kier molecular flexibility index (Phi) is 10.2. The minimum absolute atomic E-state index is 0.225. The highest BCUT2D eigenvalue weighted by atomic mass is 32.1. The van der Waals surface area contributed by atoms with E-state index in [-0.39, 0.29) is 18.8 Å². The lowest BCUT2D eigenvalue weighted by Crippen LogP contribution is -2.31. The SMILES string of the molecule is CCOC(=O)c1sc(/N=N/c2ccc(N(CC(C)C)CC(C)C)cc2C)c(C(=O)OCC)c1C. The maximum absolute atomic E-state index is 12.6. The molecule has 2 rings (SSSR count). The summed E-state index contributed by atoms with van der Waals surface area (Å²) in [6.45, 7) is 18.5. The average molecular weight is 488 g/mol. The molecule has 0 amide bonds. The fourth-order valence-electron chi connectivity index (χ4n) is 3.62. The molecule has 0 radical (unpaired) electrons. The molecule has 0 bridgehead atoms. The lowest BCUT2D eigenvalue weighted by atomic mass is 10.1. The van der Waals surface area contributed by atoms with Crippen molar-refractivity contribution in [1.29, 1.82) is 0 Å². The Balaban J connectivity index is 2.41. The number of nitrogens with zero attached hydrogens (tertiary/aromatic N) is 3. The van der Waals surface area contributed by atoms with Crippen LogP contribution in [-0.2, 0) is 9.47 Å². The molecular formula is C26H37N3O4S. The molecule has 2 aromatic rings. The van der Waals surface area contributed by atoms with Crippen LogP contribution in [0.3, 0.4) is 0 Å². The third-order valence-electron chi connectivity index (χ3n) is 5.03. The number of ether oxygens (including phenoxy) is 2. The van der Waals surface area contributed by atoms with E-state index in [2.05, 4.69) is 55.0 Å². The Hall–Kier alpha value is -2.74. The minimum atomic E-state index is -0.522. The molecule has 7 nitrogen and oxygen atoms in total. The number of rotatable bonds is 11. The molecule has 0 aliphatic heterocycles. The molecular weight excluding hydrogens is 450 g/mol. The number of anilines is 1. The van der Waals surface area contributed by atoms with Crippen molar-refractivity contribution in [3.8, 4) is 0 Å². The van der Waals surface area contributed by atoms with Crippen molar-refractivity contribution in [1.82, 2.24) is 0 Å². The van der Waals surface area contributed by atoms with Gasteiger partial charge in [0.25, 0.3) is 0 Å². The van der Waals surface area contributed by atoms with Crippen LogP contribution >= 0.6 is 11.3 Å². The molecule has 0 aliphatic rings. The van der Waals surface area contributed by atoms with Crippen molar-refractivity contribution in [2.75, 3.05) is 31.2 Å². The lowest BCUT2D eigenvalue weighted by molar-refractivity contribution is 0.0527. The van der Waals surface area contributed by atoms with E-state index in [9.17, 15) is 9.59 Å². The quantitative estimate of drug-likeness (QED) is 0.246. The number of benzene rings is 1. The predicted molar refractivity (Wildman–Crippen MR) is 138 cm³/mol. The number of carbonyl (C=O) groups is 2. The molecule has 34 heavy (non-hydrogen) atoms. The first-order valence-electron chi connectivity index (χ1n) is 11.8. The minimum Gasteiger partial charge on any atom is -0.462 e. The molecule has 1 aromatic heterocycles. The zero-order chi connectivity index (χ0) is 25.4. The van der Waals surface area contributed by atoms with Crippen LogP contribution in [0.25, 0.3) is 0 Å². The van der Waals surface area contributed by atoms with Crippen LogP contribution in [0.1, 0.15) is 72.7 Å². The number of hydrogen-bond donors (Lipinski definition) is 0. The molecule has 0 aliphatic carbocycles. The second kappa shape index (κ2) is 12.6. The smallest absolute Gasteiger partial charge is 0.348 e. The molecule has 0 fully saturated rings. The fourth-order valence-corrected chi connectivity index (χ4v) is 4.63. The zero-order valence-corrected chi connectivity index (χ0v) is 22.4. The van der Waals surface area contributed by atoms with Gasteiger partial charge in [-0.05, 0) is 68.9 Å². The van der Waals surface area contributed by atoms with Crippen molar-refractivity contribution in [3.05, 3.63) is 39.8 Å². The van der Waals surface area contributed by atoms with Gasteiger partial charge in [-0.2, -0.15) is 0 Å². The topological polar surface area (TPSA) is 80.6 Å². The van der Waals surface area contributed by atoms with Gasteiger partial charge in [0.05, 0.1) is 18.9 Å². The van der Waals surface area contributed by atoms with Crippen LogP contribution in [0.4, 0.5) is 16.4 Å². The summed E-state index contributed by atoms with van der Waals surface area (Å²) in [4.78, 5) is 27.7. The molecule has 0 N–H and O–H groups in total. The van der Waals surface area contributed by atoms with E-state index in [1.54, 1.807) is 20.8 Å². The highest BCUT2D eigenvalue weighted by Gasteiger charge is 2.26. The standard InChI is InChI=1S/C26H37N3O4S/c1-9-32-25(30)22-19(8)23(26(31)33-10-2)34-24(22)28-27-21-12-11-20(13-18(21)7)29(14-16(3)4)15-17(5)6/h11-13,16-17H,9-10,14-15H2,1-8H3/b28-27+. The number of aryl methyl sites for hydroxylation is 1. The maximum Gasteiger partial charge on any atom is 0.348 e. The number of thiophene rings is 1. The Morgan fingerprint density at radius 3 is 2.06 bits per heavy atom. The summed E-state index contributed by atoms with van der Waals surface area (Å²) in [6.07, 6.45) is 0. The van der Waals surface area contributed by atoms with Crippen LogP contribution in [0.5, 0.6) is 0 Å². The van der Waals surface area contributed by atoms with Crippen molar-refractivity contribution in [2.24, 2.45) is 22.1 Å². The molecule has 0 spiro atoms. The van der Waals surface area contributed by atoms with Crippen molar-refractivity contribution < 1.29 is 19.1 Å².